The summed E-state index contributed by atoms with van der Waals surface area (Å²) in [6.07, 6.45) is 5.82. The third kappa shape index (κ3) is 4.97. The molecule has 3 heteroatoms. The van der Waals surface area contributed by atoms with Gasteiger partial charge < -0.3 is 10.6 Å². The van der Waals surface area contributed by atoms with E-state index in [4.69, 9.17) is 0 Å². The first-order valence-corrected chi connectivity index (χ1v) is 6.45. The molecule has 0 bridgehead atoms. The lowest BCUT2D eigenvalue weighted by atomic mass is 9.82. The fourth-order valence-electron chi connectivity index (χ4n) is 2.08. The second-order valence-electron chi connectivity index (χ2n) is 5.81. The van der Waals surface area contributed by atoms with E-state index in [0.29, 0.717) is 6.42 Å². The molecular weight excluding hydrogens is 200 g/mol. The van der Waals surface area contributed by atoms with Crippen LogP contribution in [0.2, 0.25) is 0 Å². The first kappa shape index (κ1) is 13.5. The van der Waals surface area contributed by atoms with Gasteiger partial charge in [-0.3, -0.25) is 4.79 Å². The van der Waals surface area contributed by atoms with Crippen molar-refractivity contribution in [3.05, 3.63) is 0 Å². The highest BCUT2D eigenvalue weighted by Gasteiger charge is 2.20. The fraction of sp³-hybridized carbons (Fsp3) is 0.923. The van der Waals surface area contributed by atoms with Crippen LogP contribution >= 0.6 is 0 Å². The molecule has 0 saturated heterocycles. The van der Waals surface area contributed by atoms with Gasteiger partial charge in [0.2, 0.25) is 5.91 Å². The molecule has 1 aliphatic carbocycles. The molecule has 1 fully saturated rings. The molecule has 0 aromatic heterocycles. The quantitative estimate of drug-likeness (QED) is 0.696. The van der Waals surface area contributed by atoms with E-state index < -0.39 is 0 Å². The third-order valence-electron chi connectivity index (χ3n) is 3.42. The third-order valence-corrected chi connectivity index (χ3v) is 3.42. The average Bonchev–Trinajstić information content (AvgIpc) is 2.12. The number of hydrogen-bond donors (Lipinski definition) is 2. The van der Waals surface area contributed by atoms with E-state index in [9.17, 15) is 4.79 Å². The molecule has 0 aromatic rings. The van der Waals surface area contributed by atoms with Gasteiger partial charge in [0.1, 0.15) is 0 Å². The van der Waals surface area contributed by atoms with Crippen molar-refractivity contribution in [2.24, 2.45) is 11.3 Å². The summed E-state index contributed by atoms with van der Waals surface area (Å²) in [4.78, 5) is 11.6. The molecule has 2 N–H and O–H groups in total. The molecule has 16 heavy (non-hydrogen) atoms. The van der Waals surface area contributed by atoms with Gasteiger partial charge in [0.15, 0.2) is 0 Å². The first-order chi connectivity index (χ1) is 7.53. The van der Waals surface area contributed by atoms with Crippen molar-refractivity contribution in [3.63, 3.8) is 0 Å². The predicted octanol–water partition coefficient (Wildman–Crippen LogP) is 1.93. The van der Waals surface area contributed by atoms with Crippen LogP contribution in [-0.2, 0) is 4.79 Å². The lowest BCUT2D eigenvalue weighted by Crippen LogP contribution is -2.39. The van der Waals surface area contributed by atoms with Crippen LogP contribution in [0.5, 0.6) is 0 Å². The van der Waals surface area contributed by atoms with E-state index in [0.717, 1.165) is 25.4 Å². The van der Waals surface area contributed by atoms with Crippen LogP contribution < -0.4 is 10.6 Å². The smallest absolute Gasteiger partial charge is 0.220 e. The van der Waals surface area contributed by atoms with E-state index in [-0.39, 0.29) is 11.3 Å². The summed E-state index contributed by atoms with van der Waals surface area (Å²) in [6, 6.07) is 0. The molecular formula is C13H26N2O. The lowest BCUT2D eigenvalue weighted by molar-refractivity contribution is -0.121. The topological polar surface area (TPSA) is 41.1 Å². The van der Waals surface area contributed by atoms with Crippen molar-refractivity contribution in [2.75, 3.05) is 20.1 Å². The van der Waals surface area contributed by atoms with Crippen LogP contribution in [0, 0.1) is 11.3 Å². The summed E-state index contributed by atoms with van der Waals surface area (Å²) in [6.45, 7) is 6.01. The molecule has 0 heterocycles. The normalized spacial score (nSPS) is 16.9. The number of carbonyl (C=O) groups is 1. The van der Waals surface area contributed by atoms with Crippen LogP contribution in [0.25, 0.3) is 0 Å². The summed E-state index contributed by atoms with van der Waals surface area (Å²) in [5.74, 6) is 1.05. The maximum absolute atomic E-state index is 11.6. The Morgan fingerprint density at radius 3 is 2.50 bits per heavy atom. The minimum Gasteiger partial charge on any atom is -0.356 e. The number of rotatable bonds is 7. The minimum absolute atomic E-state index is 0.140. The van der Waals surface area contributed by atoms with E-state index in [2.05, 4.69) is 24.5 Å². The van der Waals surface area contributed by atoms with Gasteiger partial charge in [0.25, 0.3) is 0 Å². The van der Waals surface area contributed by atoms with Crippen LogP contribution in [0.15, 0.2) is 0 Å². The van der Waals surface area contributed by atoms with Crippen LogP contribution in [-0.4, -0.2) is 26.0 Å². The zero-order valence-electron chi connectivity index (χ0n) is 10.9. The Kier molecular flexibility index (Phi) is 5.26. The van der Waals surface area contributed by atoms with E-state index in [1.807, 2.05) is 7.05 Å². The molecule has 94 valence electrons. The van der Waals surface area contributed by atoms with Crippen LogP contribution in [0.4, 0.5) is 0 Å². The van der Waals surface area contributed by atoms with Gasteiger partial charge in [-0.1, -0.05) is 33.1 Å². The fourth-order valence-corrected chi connectivity index (χ4v) is 2.08. The average molecular weight is 226 g/mol. The first-order valence-electron chi connectivity index (χ1n) is 6.45. The molecule has 0 radical (unpaired) electrons. The number of hydrogen-bond acceptors (Lipinski definition) is 2. The Labute approximate surface area is 99.4 Å². The Balaban J connectivity index is 2.08. The van der Waals surface area contributed by atoms with Gasteiger partial charge in [-0.15, -0.1) is 0 Å². The molecule has 3 nitrogen and oxygen atoms in total. The Bertz CT molecular complexity index is 222. The Hall–Kier alpha value is -0.570. The number of amides is 1. The Morgan fingerprint density at radius 1 is 1.31 bits per heavy atom. The van der Waals surface area contributed by atoms with Gasteiger partial charge in [0, 0.05) is 19.5 Å². The zero-order valence-corrected chi connectivity index (χ0v) is 10.9. The summed E-state index contributed by atoms with van der Waals surface area (Å²) in [7, 11) is 1.94. The molecule has 1 rings (SSSR count). The molecule has 0 unspecified atom stereocenters. The lowest BCUT2D eigenvalue weighted by Gasteiger charge is -2.26. The van der Waals surface area contributed by atoms with Crippen molar-refractivity contribution in [1.29, 1.82) is 0 Å². The van der Waals surface area contributed by atoms with Gasteiger partial charge in [-0.2, -0.15) is 0 Å². The molecule has 0 spiro atoms. The van der Waals surface area contributed by atoms with E-state index in [1.165, 1.54) is 19.3 Å². The number of carbonyl (C=O) groups excluding carboxylic acids is 1. The highest BCUT2D eigenvalue weighted by Crippen LogP contribution is 2.30. The zero-order chi connectivity index (χ0) is 12.0. The molecule has 1 amide bonds. The monoisotopic (exact) mass is 226 g/mol. The van der Waals surface area contributed by atoms with Crippen molar-refractivity contribution in [3.8, 4) is 0 Å². The van der Waals surface area contributed by atoms with Crippen molar-refractivity contribution < 1.29 is 4.79 Å². The summed E-state index contributed by atoms with van der Waals surface area (Å²) in [5, 5.41) is 6.18. The largest absolute Gasteiger partial charge is 0.356 e. The molecule has 0 atom stereocenters. The van der Waals surface area contributed by atoms with E-state index >= 15 is 0 Å². The second-order valence-corrected chi connectivity index (χ2v) is 5.81. The summed E-state index contributed by atoms with van der Waals surface area (Å²) >= 11 is 0. The van der Waals surface area contributed by atoms with Crippen LogP contribution in [0.1, 0.15) is 46.0 Å². The molecule has 1 saturated carbocycles. The minimum atomic E-state index is 0.140. The predicted molar refractivity (Wildman–Crippen MR) is 67.3 cm³/mol. The van der Waals surface area contributed by atoms with Gasteiger partial charge in [-0.25, -0.2) is 0 Å². The van der Waals surface area contributed by atoms with Crippen molar-refractivity contribution >= 4 is 5.91 Å². The Morgan fingerprint density at radius 2 is 2.00 bits per heavy atom. The maximum atomic E-state index is 11.6. The van der Waals surface area contributed by atoms with Gasteiger partial charge >= 0.3 is 0 Å². The summed E-state index contributed by atoms with van der Waals surface area (Å²) < 4.78 is 0. The van der Waals surface area contributed by atoms with Crippen LogP contribution in [0.3, 0.4) is 0 Å². The van der Waals surface area contributed by atoms with Gasteiger partial charge in [0.05, 0.1) is 0 Å². The van der Waals surface area contributed by atoms with Crippen molar-refractivity contribution in [2.45, 2.75) is 46.0 Å². The SMILES string of the molecule is CNCC(C)(C)CNC(=O)CCC1CCC1. The highest BCUT2D eigenvalue weighted by molar-refractivity contribution is 5.75. The molecule has 0 aromatic carbocycles. The number of nitrogens with one attached hydrogen (secondary N) is 2. The molecule has 1 aliphatic rings. The maximum Gasteiger partial charge on any atom is 0.220 e. The van der Waals surface area contributed by atoms with Crippen molar-refractivity contribution in [1.82, 2.24) is 10.6 Å². The van der Waals surface area contributed by atoms with E-state index in [1.54, 1.807) is 0 Å². The highest BCUT2D eigenvalue weighted by atomic mass is 16.1. The standard InChI is InChI=1S/C13H26N2O/c1-13(2,9-14-3)10-15-12(16)8-7-11-5-4-6-11/h11,14H,4-10H2,1-3H3,(H,15,16). The second kappa shape index (κ2) is 6.24. The summed E-state index contributed by atoms with van der Waals surface area (Å²) in [5.41, 5.74) is 0.140. The van der Waals surface area contributed by atoms with Gasteiger partial charge in [-0.05, 0) is 24.8 Å². The molecule has 0 aliphatic heterocycles.